The molecule has 166 valence electrons. The summed E-state index contributed by atoms with van der Waals surface area (Å²) in [5.41, 5.74) is 2.96. The van der Waals surface area contributed by atoms with Crippen LogP contribution in [0.15, 0.2) is 84.9 Å². The third-order valence-electron chi connectivity index (χ3n) is 7.15. The minimum Gasteiger partial charge on any atom is -0.380 e. The van der Waals surface area contributed by atoms with E-state index < -0.39 is 5.60 Å². The first-order valence-corrected chi connectivity index (χ1v) is 11.8. The molecular formula is C30H34O2. The zero-order chi connectivity index (χ0) is 22.8. The third kappa shape index (κ3) is 4.42. The first-order valence-electron chi connectivity index (χ1n) is 11.8. The van der Waals surface area contributed by atoms with Gasteiger partial charge in [0.15, 0.2) is 5.78 Å². The van der Waals surface area contributed by atoms with E-state index in [0.717, 1.165) is 42.4 Å². The highest BCUT2D eigenvalue weighted by atomic mass is 16.3. The van der Waals surface area contributed by atoms with E-state index in [1.54, 1.807) is 0 Å². The van der Waals surface area contributed by atoms with E-state index >= 15 is 0 Å². The van der Waals surface area contributed by atoms with Crippen LogP contribution >= 0.6 is 0 Å². The molecule has 0 heterocycles. The van der Waals surface area contributed by atoms with Gasteiger partial charge in [-0.05, 0) is 53.7 Å². The van der Waals surface area contributed by atoms with Gasteiger partial charge in [0.1, 0.15) is 5.60 Å². The Labute approximate surface area is 192 Å². The number of hydrogen-bond acceptors (Lipinski definition) is 2. The summed E-state index contributed by atoms with van der Waals surface area (Å²) in [6.07, 6.45) is 3.28. The molecule has 0 saturated heterocycles. The van der Waals surface area contributed by atoms with Gasteiger partial charge in [0.05, 0.1) is 0 Å². The number of rotatable bonds is 5. The van der Waals surface area contributed by atoms with Crippen molar-refractivity contribution in [3.63, 3.8) is 0 Å². The molecule has 0 spiro atoms. The van der Waals surface area contributed by atoms with Gasteiger partial charge in [-0.15, -0.1) is 0 Å². The van der Waals surface area contributed by atoms with Gasteiger partial charge in [0.25, 0.3) is 0 Å². The standard InChI is InChI=1S/C30H34O2/c1-29(2,3)24-18-14-22(15-19-24)28(31)23-16-20-27(21-17-23)30(32,25-10-6-4-7-11-25)26-12-8-5-9-13-26/h4-15,18-19,23,27,32H,16-17,20-21H2,1-3H3. The molecule has 0 atom stereocenters. The van der Waals surface area contributed by atoms with Crippen molar-refractivity contribution >= 4 is 5.78 Å². The minimum atomic E-state index is -1.04. The van der Waals surface area contributed by atoms with Crippen molar-refractivity contribution in [1.29, 1.82) is 0 Å². The Balaban J connectivity index is 1.52. The van der Waals surface area contributed by atoms with Crippen molar-refractivity contribution in [2.24, 2.45) is 11.8 Å². The van der Waals surface area contributed by atoms with Gasteiger partial charge < -0.3 is 5.11 Å². The highest BCUT2D eigenvalue weighted by molar-refractivity contribution is 5.97. The van der Waals surface area contributed by atoms with Gasteiger partial charge in [0, 0.05) is 11.5 Å². The SMILES string of the molecule is CC(C)(C)c1ccc(C(=O)C2CCC(C(O)(c3ccccc3)c3ccccc3)CC2)cc1. The maximum atomic E-state index is 13.2. The van der Waals surface area contributed by atoms with Gasteiger partial charge in [-0.25, -0.2) is 0 Å². The first-order chi connectivity index (χ1) is 15.3. The van der Waals surface area contributed by atoms with Gasteiger partial charge in [-0.2, -0.15) is 0 Å². The Bertz CT molecular complexity index is 982. The van der Waals surface area contributed by atoms with Gasteiger partial charge >= 0.3 is 0 Å². The van der Waals surface area contributed by atoms with E-state index in [1.807, 2.05) is 72.8 Å². The number of aliphatic hydroxyl groups is 1. The molecule has 0 amide bonds. The quantitative estimate of drug-likeness (QED) is 0.450. The summed E-state index contributed by atoms with van der Waals surface area (Å²) in [5.74, 6) is 0.356. The molecule has 3 aromatic carbocycles. The minimum absolute atomic E-state index is 0.0301. The van der Waals surface area contributed by atoms with E-state index in [4.69, 9.17) is 0 Å². The molecule has 2 nitrogen and oxygen atoms in total. The Morgan fingerprint density at radius 2 is 1.16 bits per heavy atom. The lowest BCUT2D eigenvalue weighted by Crippen LogP contribution is -2.39. The highest BCUT2D eigenvalue weighted by Crippen LogP contribution is 2.45. The van der Waals surface area contributed by atoms with Crippen LogP contribution < -0.4 is 0 Å². The molecule has 1 aliphatic rings. The molecule has 1 fully saturated rings. The predicted octanol–water partition coefficient (Wildman–Crippen LogP) is 6.91. The lowest BCUT2D eigenvalue weighted by atomic mass is 9.67. The summed E-state index contributed by atoms with van der Waals surface area (Å²) < 4.78 is 0. The molecule has 0 radical (unpaired) electrons. The zero-order valence-electron chi connectivity index (χ0n) is 19.4. The second kappa shape index (κ2) is 9.03. The van der Waals surface area contributed by atoms with Crippen LogP contribution in [-0.2, 0) is 11.0 Å². The largest absolute Gasteiger partial charge is 0.380 e. The number of Topliss-reactive ketones (excluding diaryl/α,β-unsaturated/α-hetero) is 1. The second-order valence-electron chi connectivity index (χ2n) is 10.2. The van der Waals surface area contributed by atoms with Crippen LogP contribution in [0.2, 0.25) is 0 Å². The predicted molar refractivity (Wildman–Crippen MR) is 131 cm³/mol. The maximum absolute atomic E-state index is 13.2. The van der Waals surface area contributed by atoms with Gasteiger partial charge in [0.2, 0.25) is 0 Å². The van der Waals surface area contributed by atoms with Crippen LogP contribution in [0.3, 0.4) is 0 Å². The average Bonchev–Trinajstić information content (AvgIpc) is 2.84. The Hall–Kier alpha value is -2.71. The normalized spacial score (nSPS) is 19.5. The first kappa shape index (κ1) is 22.5. The maximum Gasteiger partial charge on any atom is 0.165 e. The molecule has 0 unspecified atom stereocenters. The number of ketones is 1. The molecule has 1 saturated carbocycles. The van der Waals surface area contributed by atoms with Crippen LogP contribution in [0.25, 0.3) is 0 Å². The molecule has 0 aromatic heterocycles. The molecular weight excluding hydrogens is 392 g/mol. The smallest absolute Gasteiger partial charge is 0.165 e. The fourth-order valence-electron chi connectivity index (χ4n) is 5.17. The van der Waals surface area contributed by atoms with E-state index in [1.165, 1.54) is 5.56 Å². The fraction of sp³-hybridized carbons (Fsp3) is 0.367. The Kier molecular flexibility index (Phi) is 6.35. The molecule has 1 aliphatic carbocycles. The fourth-order valence-corrected chi connectivity index (χ4v) is 5.17. The summed E-state index contributed by atoms with van der Waals surface area (Å²) in [6.45, 7) is 6.56. The van der Waals surface area contributed by atoms with E-state index in [9.17, 15) is 9.90 Å². The van der Waals surface area contributed by atoms with Crippen LogP contribution in [0, 0.1) is 11.8 Å². The lowest BCUT2D eigenvalue weighted by molar-refractivity contribution is -0.00646. The molecule has 0 bridgehead atoms. The van der Waals surface area contributed by atoms with Crippen molar-refractivity contribution in [1.82, 2.24) is 0 Å². The molecule has 32 heavy (non-hydrogen) atoms. The summed E-state index contributed by atoms with van der Waals surface area (Å²) >= 11 is 0. The summed E-state index contributed by atoms with van der Waals surface area (Å²) in [5, 5.41) is 12.0. The van der Waals surface area contributed by atoms with Crippen LogP contribution in [0.5, 0.6) is 0 Å². The van der Waals surface area contributed by atoms with Crippen LogP contribution in [0.1, 0.15) is 73.5 Å². The van der Waals surface area contributed by atoms with Crippen molar-refractivity contribution in [3.8, 4) is 0 Å². The molecule has 1 N–H and O–H groups in total. The van der Waals surface area contributed by atoms with E-state index in [-0.39, 0.29) is 23.0 Å². The number of carbonyl (C=O) groups is 1. The highest BCUT2D eigenvalue weighted by Gasteiger charge is 2.42. The molecule has 4 rings (SSSR count). The zero-order valence-corrected chi connectivity index (χ0v) is 19.4. The van der Waals surface area contributed by atoms with Crippen LogP contribution in [-0.4, -0.2) is 10.9 Å². The second-order valence-corrected chi connectivity index (χ2v) is 10.2. The van der Waals surface area contributed by atoms with Crippen molar-refractivity contribution < 1.29 is 9.90 Å². The lowest BCUT2D eigenvalue weighted by Gasteiger charge is -2.41. The average molecular weight is 427 g/mol. The number of benzene rings is 3. The Morgan fingerprint density at radius 1 is 0.688 bits per heavy atom. The van der Waals surface area contributed by atoms with E-state index in [0.29, 0.717) is 0 Å². The van der Waals surface area contributed by atoms with Crippen LogP contribution in [0.4, 0.5) is 0 Å². The van der Waals surface area contributed by atoms with Gasteiger partial charge in [-0.1, -0.05) is 106 Å². The monoisotopic (exact) mass is 426 g/mol. The van der Waals surface area contributed by atoms with E-state index in [2.05, 4.69) is 32.9 Å². The third-order valence-corrected chi connectivity index (χ3v) is 7.15. The molecule has 0 aliphatic heterocycles. The number of carbonyl (C=O) groups excluding carboxylic acids is 1. The van der Waals surface area contributed by atoms with Crippen molar-refractivity contribution in [2.45, 2.75) is 57.5 Å². The van der Waals surface area contributed by atoms with Gasteiger partial charge in [-0.3, -0.25) is 4.79 Å². The molecule has 3 aromatic rings. The van der Waals surface area contributed by atoms with Crippen molar-refractivity contribution in [3.05, 3.63) is 107 Å². The summed E-state index contributed by atoms with van der Waals surface area (Å²) in [6, 6.07) is 28.1. The van der Waals surface area contributed by atoms with Crippen molar-refractivity contribution in [2.75, 3.05) is 0 Å². The molecule has 2 heteroatoms. The summed E-state index contributed by atoms with van der Waals surface area (Å²) in [4.78, 5) is 13.2. The number of hydrogen-bond donors (Lipinski definition) is 1. The summed E-state index contributed by atoms with van der Waals surface area (Å²) in [7, 11) is 0. The topological polar surface area (TPSA) is 37.3 Å². The Morgan fingerprint density at radius 3 is 1.59 bits per heavy atom.